The SMILES string of the molecule is c1ccc(CC2CCN(Cc3cccc(OCC4CCCNC4)c3)CC2)cc1. The van der Waals surface area contributed by atoms with Crippen LogP contribution in [0.5, 0.6) is 5.75 Å². The van der Waals surface area contributed by atoms with Gasteiger partial charge in [0.05, 0.1) is 6.61 Å². The number of piperidine rings is 2. The van der Waals surface area contributed by atoms with Crippen molar-refractivity contribution in [2.45, 2.75) is 38.6 Å². The fraction of sp³-hybridized carbons (Fsp3) is 0.520. The molecule has 4 rings (SSSR count). The second kappa shape index (κ2) is 10.1. The van der Waals surface area contributed by atoms with Gasteiger partial charge >= 0.3 is 0 Å². The molecule has 28 heavy (non-hydrogen) atoms. The molecule has 3 heteroatoms. The van der Waals surface area contributed by atoms with Crippen LogP contribution in [0.1, 0.15) is 36.8 Å². The molecule has 0 saturated carbocycles. The molecule has 1 N–H and O–H groups in total. The molecular weight excluding hydrogens is 344 g/mol. The number of benzene rings is 2. The normalized spacial score (nSPS) is 21.5. The Balaban J connectivity index is 1.22. The molecule has 2 aromatic carbocycles. The molecule has 2 heterocycles. The highest BCUT2D eigenvalue weighted by Crippen LogP contribution is 2.24. The van der Waals surface area contributed by atoms with Gasteiger partial charge in [-0.1, -0.05) is 42.5 Å². The Morgan fingerprint density at radius 1 is 0.893 bits per heavy atom. The highest BCUT2D eigenvalue weighted by atomic mass is 16.5. The first-order valence-corrected chi connectivity index (χ1v) is 11.0. The van der Waals surface area contributed by atoms with Crippen molar-refractivity contribution in [1.82, 2.24) is 10.2 Å². The molecule has 3 nitrogen and oxygen atoms in total. The van der Waals surface area contributed by atoms with E-state index in [1.807, 2.05) is 0 Å². The molecule has 0 spiro atoms. The first-order valence-electron chi connectivity index (χ1n) is 11.0. The van der Waals surface area contributed by atoms with Crippen molar-refractivity contribution in [2.24, 2.45) is 11.8 Å². The van der Waals surface area contributed by atoms with Crippen molar-refractivity contribution >= 4 is 0 Å². The van der Waals surface area contributed by atoms with E-state index in [1.54, 1.807) is 0 Å². The minimum atomic E-state index is 0.654. The fourth-order valence-electron chi connectivity index (χ4n) is 4.57. The number of rotatable bonds is 7. The largest absolute Gasteiger partial charge is 0.493 e. The molecule has 2 aliphatic rings. The van der Waals surface area contributed by atoms with Crippen LogP contribution < -0.4 is 10.1 Å². The summed E-state index contributed by atoms with van der Waals surface area (Å²) in [7, 11) is 0. The van der Waals surface area contributed by atoms with Gasteiger partial charge in [0.25, 0.3) is 0 Å². The maximum atomic E-state index is 6.10. The Morgan fingerprint density at radius 2 is 1.71 bits per heavy atom. The summed E-state index contributed by atoms with van der Waals surface area (Å²) in [6.07, 6.45) is 6.40. The first-order chi connectivity index (χ1) is 13.8. The van der Waals surface area contributed by atoms with Gasteiger partial charge in [-0.05, 0) is 80.9 Å². The lowest BCUT2D eigenvalue weighted by atomic mass is 9.90. The van der Waals surface area contributed by atoms with Crippen molar-refractivity contribution < 1.29 is 4.74 Å². The quantitative estimate of drug-likeness (QED) is 0.767. The predicted octanol–water partition coefficient (Wildman–Crippen LogP) is 4.52. The minimum absolute atomic E-state index is 0.654. The number of nitrogens with one attached hydrogen (secondary N) is 1. The summed E-state index contributed by atoms with van der Waals surface area (Å²) in [5, 5.41) is 3.47. The smallest absolute Gasteiger partial charge is 0.119 e. The number of hydrogen-bond donors (Lipinski definition) is 1. The predicted molar refractivity (Wildman–Crippen MR) is 116 cm³/mol. The highest BCUT2D eigenvalue weighted by molar-refractivity contribution is 5.28. The van der Waals surface area contributed by atoms with E-state index in [0.29, 0.717) is 5.92 Å². The molecule has 2 saturated heterocycles. The van der Waals surface area contributed by atoms with Crippen LogP contribution in [0.4, 0.5) is 0 Å². The number of ether oxygens (including phenoxy) is 1. The van der Waals surface area contributed by atoms with Crippen LogP contribution in [0.2, 0.25) is 0 Å². The number of hydrogen-bond acceptors (Lipinski definition) is 3. The topological polar surface area (TPSA) is 24.5 Å². The maximum Gasteiger partial charge on any atom is 0.119 e. The van der Waals surface area contributed by atoms with E-state index >= 15 is 0 Å². The van der Waals surface area contributed by atoms with Crippen molar-refractivity contribution in [2.75, 3.05) is 32.8 Å². The summed E-state index contributed by atoms with van der Waals surface area (Å²) < 4.78 is 6.10. The zero-order chi connectivity index (χ0) is 19.0. The Bertz CT molecular complexity index is 703. The van der Waals surface area contributed by atoms with Crippen molar-refractivity contribution in [3.05, 3.63) is 65.7 Å². The summed E-state index contributed by atoms with van der Waals surface area (Å²) in [6, 6.07) is 19.7. The zero-order valence-electron chi connectivity index (χ0n) is 17.0. The molecule has 2 aliphatic heterocycles. The van der Waals surface area contributed by atoms with Gasteiger partial charge in [-0.2, -0.15) is 0 Å². The van der Waals surface area contributed by atoms with Crippen LogP contribution in [0.25, 0.3) is 0 Å². The van der Waals surface area contributed by atoms with Gasteiger partial charge in [0.1, 0.15) is 5.75 Å². The van der Waals surface area contributed by atoms with E-state index in [1.165, 1.54) is 56.3 Å². The Labute approximate surface area is 170 Å². The second-order valence-corrected chi connectivity index (χ2v) is 8.58. The summed E-state index contributed by atoms with van der Waals surface area (Å²) in [5.74, 6) is 2.51. The summed E-state index contributed by atoms with van der Waals surface area (Å²) >= 11 is 0. The lowest BCUT2D eigenvalue weighted by molar-refractivity contribution is 0.176. The van der Waals surface area contributed by atoms with E-state index in [-0.39, 0.29) is 0 Å². The monoisotopic (exact) mass is 378 g/mol. The first kappa shape index (κ1) is 19.5. The van der Waals surface area contributed by atoms with Gasteiger partial charge in [-0.15, -0.1) is 0 Å². The van der Waals surface area contributed by atoms with Crippen molar-refractivity contribution in [3.8, 4) is 5.75 Å². The van der Waals surface area contributed by atoms with Gasteiger partial charge < -0.3 is 10.1 Å². The molecule has 2 aromatic rings. The van der Waals surface area contributed by atoms with E-state index in [2.05, 4.69) is 64.8 Å². The van der Waals surface area contributed by atoms with Crippen LogP contribution in [0.3, 0.4) is 0 Å². The van der Waals surface area contributed by atoms with Gasteiger partial charge in [0, 0.05) is 19.0 Å². The lowest BCUT2D eigenvalue weighted by Gasteiger charge is -2.32. The second-order valence-electron chi connectivity index (χ2n) is 8.58. The van der Waals surface area contributed by atoms with Crippen LogP contribution >= 0.6 is 0 Å². The Kier molecular flexibility index (Phi) is 7.01. The van der Waals surface area contributed by atoms with Gasteiger partial charge in [-0.25, -0.2) is 0 Å². The molecule has 0 aromatic heterocycles. The standard InChI is InChI=1S/C25H34N2O/c1-2-6-21(7-3-1)16-22-11-14-27(15-12-22)19-23-8-4-10-25(17-23)28-20-24-9-5-13-26-18-24/h1-4,6-8,10,17,22,24,26H,5,9,11-16,18-20H2. The zero-order valence-corrected chi connectivity index (χ0v) is 17.0. The number of likely N-dealkylation sites (tertiary alicyclic amines) is 1. The molecule has 0 bridgehead atoms. The summed E-state index contributed by atoms with van der Waals surface area (Å²) in [6.45, 7) is 6.54. The average Bonchev–Trinajstić information content (AvgIpc) is 2.76. The number of nitrogens with zero attached hydrogens (tertiary/aromatic N) is 1. The van der Waals surface area contributed by atoms with Gasteiger partial charge in [0.15, 0.2) is 0 Å². The maximum absolute atomic E-state index is 6.10. The lowest BCUT2D eigenvalue weighted by Crippen LogP contribution is -2.34. The van der Waals surface area contributed by atoms with Gasteiger partial charge in [0.2, 0.25) is 0 Å². The molecule has 2 fully saturated rings. The average molecular weight is 379 g/mol. The van der Waals surface area contributed by atoms with E-state index in [0.717, 1.165) is 37.9 Å². The van der Waals surface area contributed by atoms with E-state index in [9.17, 15) is 0 Å². The highest BCUT2D eigenvalue weighted by Gasteiger charge is 2.20. The fourth-order valence-corrected chi connectivity index (χ4v) is 4.57. The van der Waals surface area contributed by atoms with E-state index in [4.69, 9.17) is 4.74 Å². The summed E-state index contributed by atoms with van der Waals surface area (Å²) in [5.41, 5.74) is 2.86. The third-order valence-corrected chi connectivity index (χ3v) is 6.26. The van der Waals surface area contributed by atoms with Crippen LogP contribution in [0.15, 0.2) is 54.6 Å². The molecule has 150 valence electrons. The summed E-state index contributed by atoms with van der Waals surface area (Å²) in [4.78, 5) is 2.60. The van der Waals surface area contributed by atoms with Crippen LogP contribution in [-0.2, 0) is 13.0 Å². The third-order valence-electron chi connectivity index (χ3n) is 6.26. The molecule has 0 amide bonds. The van der Waals surface area contributed by atoms with Crippen molar-refractivity contribution in [3.63, 3.8) is 0 Å². The minimum Gasteiger partial charge on any atom is -0.493 e. The molecular formula is C25H34N2O. The van der Waals surface area contributed by atoms with Crippen LogP contribution in [-0.4, -0.2) is 37.7 Å². The third kappa shape index (κ3) is 5.83. The van der Waals surface area contributed by atoms with Gasteiger partial charge in [-0.3, -0.25) is 4.90 Å². The molecule has 1 unspecified atom stereocenters. The Morgan fingerprint density at radius 3 is 2.50 bits per heavy atom. The molecule has 1 atom stereocenters. The molecule has 0 radical (unpaired) electrons. The Hall–Kier alpha value is -1.84. The molecule has 0 aliphatic carbocycles. The van der Waals surface area contributed by atoms with E-state index < -0.39 is 0 Å². The van der Waals surface area contributed by atoms with Crippen LogP contribution in [0, 0.1) is 11.8 Å². The van der Waals surface area contributed by atoms with Crippen molar-refractivity contribution in [1.29, 1.82) is 0 Å².